The lowest BCUT2D eigenvalue weighted by molar-refractivity contribution is -0.141. The van der Waals surface area contributed by atoms with Gasteiger partial charge in [-0.2, -0.15) is 0 Å². The van der Waals surface area contributed by atoms with Crippen LogP contribution >= 0.6 is 0 Å². The number of hydrogen-bond acceptors (Lipinski definition) is 2. The second-order valence-corrected chi connectivity index (χ2v) is 9.43. The summed E-state index contributed by atoms with van der Waals surface area (Å²) in [7, 11) is 0. The monoisotopic (exact) mass is 383 g/mol. The molecule has 0 saturated carbocycles. The maximum Gasteiger partial charge on any atom is 0.223 e. The molecule has 2 aliphatic rings. The topological polar surface area (TPSA) is 37.4 Å². The van der Waals surface area contributed by atoms with Gasteiger partial charge in [-0.3, -0.25) is 9.59 Å². The first-order valence-corrected chi connectivity index (χ1v) is 11.4. The van der Waals surface area contributed by atoms with Gasteiger partial charge in [0.25, 0.3) is 0 Å². The third-order valence-corrected chi connectivity index (χ3v) is 6.67. The molecule has 2 heterocycles. The third-order valence-electron chi connectivity index (χ3n) is 6.67. The molecule has 0 bridgehead atoms. The van der Waals surface area contributed by atoms with Crippen molar-refractivity contribution in [3.05, 3.63) is 35.4 Å². The first-order valence-electron chi connectivity index (χ1n) is 11.4. The number of Topliss-reactive ketones (excluding diaryl/α,β-unsaturated/α-hetero) is 1. The Labute approximate surface area is 170 Å². The summed E-state index contributed by atoms with van der Waals surface area (Å²) >= 11 is 0. The Balaban J connectivity index is 1.86. The number of ketones is 1. The van der Waals surface area contributed by atoms with Crippen molar-refractivity contribution in [2.75, 3.05) is 0 Å². The fourth-order valence-corrected chi connectivity index (χ4v) is 4.99. The van der Waals surface area contributed by atoms with E-state index < -0.39 is 0 Å². The van der Waals surface area contributed by atoms with Gasteiger partial charge < -0.3 is 4.90 Å². The Morgan fingerprint density at radius 2 is 1.39 bits per heavy atom. The molecule has 1 aromatic carbocycles. The summed E-state index contributed by atoms with van der Waals surface area (Å²) in [5.41, 5.74) is 2.39. The summed E-state index contributed by atoms with van der Waals surface area (Å²) in [6.07, 6.45) is 12.4. The van der Waals surface area contributed by atoms with Crippen LogP contribution in [0.1, 0.15) is 102 Å². The smallest absolute Gasteiger partial charge is 0.223 e. The highest BCUT2D eigenvalue weighted by Gasteiger charge is 2.39. The fourth-order valence-electron chi connectivity index (χ4n) is 4.99. The van der Waals surface area contributed by atoms with Crippen LogP contribution in [0, 0.1) is 0 Å². The van der Waals surface area contributed by atoms with Crippen LogP contribution in [0.3, 0.4) is 0 Å². The SMILES string of the molecule is CC1(C)CC2C(=O)CCCCCCCCCCCC(=O)N2Cc2ccccc21. The normalized spacial score (nSPS) is 25.1. The van der Waals surface area contributed by atoms with E-state index in [1.54, 1.807) is 0 Å². The number of benzene rings is 1. The molecule has 1 unspecified atom stereocenters. The van der Waals surface area contributed by atoms with E-state index in [0.29, 0.717) is 19.4 Å². The van der Waals surface area contributed by atoms with Crippen molar-refractivity contribution in [3.8, 4) is 0 Å². The van der Waals surface area contributed by atoms with Crippen LogP contribution in [0.2, 0.25) is 0 Å². The number of fused-ring (bicyclic) bond motifs is 2. The van der Waals surface area contributed by atoms with Crippen LogP contribution in [-0.2, 0) is 21.5 Å². The van der Waals surface area contributed by atoms with Gasteiger partial charge >= 0.3 is 0 Å². The second kappa shape index (κ2) is 9.71. The molecule has 0 aromatic heterocycles. The molecule has 3 nitrogen and oxygen atoms in total. The van der Waals surface area contributed by atoms with Crippen LogP contribution in [0.4, 0.5) is 0 Å². The molecule has 1 amide bonds. The van der Waals surface area contributed by atoms with Gasteiger partial charge in [-0.1, -0.05) is 83.1 Å². The standard InChI is InChI=1S/C25H37NO2/c1-25(2)18-22-23(27)16-10-8-6-4-3-5-7-9-11-17-24(28)26(22)19-20-14-12-13-15-21(20)25/h12-15,22H,3-11,16-19H2,1-2H3. The maximum absolute atomic E-state index is 13.2. The van der Waals surface area contributed by atoms with Gasteiger partial charge in [0.2, 0.25) is 5.91 Å². The zero-order valence-electron chi connectivity index (χ0n) is 17.8. The van der Waals surface area contributed by atoms with E-state index in [0.717, 1.165) is 32.1 Å². The summed E-state index contributed by atoms with van der Waals surface area (Å²) in [6, 6.07) is 8.16. The van der Waals surface area contributed by atoms with Crippen molar-refractivity contribution in [3.63, 3.8) is 0 Å². The maximum atomic E-state index is 13.2. The van der Waals surface area contributed by atoms with E-state index in [4.69, 9.17) is 0 Å². The van der Waals surface area contributed by atoms with Gasteiger partial charge in [0.05, 0.1) is 6.04 Å². The molecule has 1 aromatic rings. The molecule has 0 spiro atoms. The molecule has 1 saturated heterocycles. The van der Waals surface area contributed by atoms with Gasteiger partial charge in [-0.05, 0) is 35.8 Å². The van der Waals surface area contributed by atoms with Crippen molar-refractivity contribution in [1.82, 2.24) is 4.90 Å². The number of amides is 1. The molecule has 28 heavy (non-hydrogen) atoms. The lowest BCUT2D eigenvalue weighted by Crippen LogP contribution is -2.45. The average Bonchev–Trinajstić information content (AvgIpc) is 2.79. The zero-order valence-corrected chi connectivity index (χ0v) is 17.8. The van der Waals surface area contributed by atoms with E-state index in [-0.39, 0.29) is 23.1 Å². The van der Waals surface area contributed by atoms with Crippen LogP contribution in [0.25, 0.3) is 0 Å². The molecular weight excluding hydrogens is 346 g/mol. The van der Waals surface area contributed by atoms with E-state index in [2.05, 4.69) is 38.1 Å². The van der Waals surface area contributed by atoms with Crippen LogP contribution in [0.15, 0.2) is 24.3 Å². The fraction of sp³-hybridized carbons (Fsp3) is 0.680. The van der Waals surface area contributed by atoms with Crippen LogP contribution in [-0.4, -0.2) is 22.6 Å². The summed E-state index contributed by atoms with van der Waals surface area (Å²) < 4.78 is 0. The van der Waals surface area contributed by atoms with E-state index in [1.165, 1.54) is 43.2 Å². The van der Waals surface area contributed by atoms with Gasteiger partial charge in [-0.15, -0.1) is 0 Å². The highest BCUT2D eigenvalue weighted by Crippen LogP contribution is 2.37. The Morgan fingerprint density at radius 3 is 2.07 bits per heavy atom. The summed E-state index contributed by atoms with van der Waals surface area (Å²) in [5.74, 6) is 0.435. The molecule has 2 aliphatic heterocycles. The Morgan fingerprint density at radius 1 is 0.821 bits per heavy atom. The predicted octanol–water partition coefficient (Wildman–Crippen LogP) is 5.94. The highest BCUT2D eigenvalue weighted by atomic mass is 16.2. The third kappa shape index (κ3) is 5.24. The average molecular weight is 384 g/mol. The first kappa shape index (κ1) is 21.1. The number of rotatable bonds is 0. The predicted molar refractivity (Wildman–Crippen MR) is 114 cm³/mol. The largest absolute Gasteiger partial charge is 0.328 e. The quantitative estimate of drug-likeness (QED) is 0.556. The summed E-state index contributed by atoms with van der Waals surface area (Å²) in [5, 5.41) is 0. The molecular formula is C25H37NO2. The molecule has 3 rings (SSSR count). The minimum Gasteiger partial charge on any atom is -0.328 e. The molecule has 154 valence electrons. The minimum absolute atomic E-state index is 0.102. The van der Waals surface area contributed by atoms with Crippen LogP contribution in [0.5, 0.6) is 0 Å². The van der Waals surface area contributed by atoms with Crippen LogP contribution < -0.4 is 0 Å². The highest BCUT2D eigenvalue weighted by molar-refractivity contribution is 5.89. The first-order chi connectivity index (χ1) is 13.5. The Hall–Kier alpha value is -1.64. The summed E-state index contributed by atoms with van der Waals surface area (Å²) in [6.45, 7) is 5.03. The lowest BCUT2D eigenvalue weighted by Gasteiger charge is -2.32. The Bertz CT molecular complexity index is 679. The van der Waals surface area contributed by atoms with E-state index in [1.807, 2.05) is 4.90 Å². The molecule has 3 heteroatoms. The van der Waals surface area contributed by atoms with Crippen molar-refractivity contribution < 1.29 is 9.59 Å². The molecule has 1 fully saturated rings. The van der Waals surface area contributed by atoms with Crippen molar-refractivity contribution in [2.45, 2.75) is 109 Å². The second-order valence-electron chi connectivity index (χ2n) is 9.43. The minimum atomic E-state index is -0.278. The van der Waals surface area contributed by atoms with Gasteiger partial charge in [-0.25, -0.2) is 0 Å². The lowest BCUT2D eigenvalue weighted by atomic mass is 9.77. The molecule has 0 radical (unpaired) electrons. The van der Waals surface area contributed by atoms with Gasteiger partial charge in [0.15, 0.2) is 5.78 Å². The molecule has 0 aliphatic carbocycles. The van der Waals surface area contributed by atoms with E-state index >= 15 is 0 Å². The summed E-state index contributed by atoms with van der Waals surface area (Å²) in [4.78, 5) is 28.3. The number of hydrogen-bond donors (Lipinski definition) is 0. The van der Waals surface area contributed by atoms with E-state index in [9.17, 15) is 9.59 Å². The number of nitrogens with zero attached hydrogens (tertiary/aromatic N) is 1. The zero-order chi connectivity index (χ0) is 20.0. The van der Waals surface area contributed by atoms with Crippen molar-refractivity contribution >= 4 is 11.7 Å². The van der Waals surface area contributed by atoms with Gasteiger partial charge in [0, 0.05) is 19.4 Å². The van der Waals surface area contributed by atoms with Crippen molar-refractivity contribution in [2.24, 2.45) is 0 Å². The molecule has 0 N–H and O–H groups in total. The van der Waals surface area contributed by atoms with Crippen molar-refractivity contribution in [1.29, 1.82) is 0 Å². The van der Waals surface area contributed by atoms with Gasteiger partial charge in [0.1, 0.15) is 0 Å². The molecule has 1 atom stereocenters. The Kier molecular flexibility index (Phi) is 7.31. The number of carbonyl (C=O) groups excluding carboxylic acids is 2. The number of carbonyl (C=O) groups is 2.